The topological polar surface area (TPSA) is 239 Å². The molecule has 4 bridgehead atoms. The maximum atomic E-state index is 15.1. The molecule has 0 amide bonds. The summed E-state index contributed by atoms with van der Waals surface area (Å²) < 4.78 is 64.9. The Balaban J connectivity index is 1.64. The summed E-state index contributed by atoms with van der Waals surface area (Å²) in [4.78, 5) is 85.0. The molecule has 7 fully saturated rings. The lowest BCUT2D eigenvalue weighted by molar-refractivity contribution is -0.490. The minimum Gasteiger partial charge on any atom is -0.511 e. The third kappa shape index (κ3) is 5.09. The Kier molecular flexibility index (Phi) is 9.84. The molecule has 18 heteroatoms. The zero-order valence-electron chi connectivity index (χ0n) is 37.8. The molecule has 4 heterocycles. The molecule has 7 aliphatic rings. The molecule has 2 spiro atoms. The van der Waals surface area contributed by atoms with Crippen LogP contribution in [0.4, 0.5) is 0 Å². The van der Waals surface area contributed by atoms with Crippen LogP contribution in [0.3, 0.4) is 0 Å². The lowest BCUT2D eigenvalue weighted by atomic mass is 9.32. The summed E-state index contributed by atoms with van der Waals surface area (Å²) in [5.41, 5.74) is -15.2. The average molecular weight is 887 g/mol. The van der Waals surface area contributed by atoms with Gasteiger partial charge < -0.3 is 57.3 Å². The summed E-state index contributed by atoms with van der Waals surface area (Å²) in [7, 11) is 1.20. The number of hydrogen-bond acceptors (Lipinski definition) is 18. The second kappa shape index (κ2) is 13.7. The number of aliphatic hydroxyl groups excluding tert-OH is 1. The third-order valence-electron chi connectivity index (χ3n) is 15.7. The molecule has 2 N–H and O–H groups in total. The van der Waals surface area contributed by atoms with Gasteiger partial charge in [0, 0.05) is 55.4 Å². The summed E-state index contributed by atoms with van der Waals surface area (Å²) in [6.07, 6.45) is -6.70. The highest BCUT2D eigenvalue weighted by Gasteiger charge is 3.07. The van der Waals surface area contributed by atoms with Gasteiger partial charge in [-0.2, -0.15) is 0 Å². The fraction of sp³-hybridized carbons (Fsp3) is 0.733. The maximum Gasteiger partial charge on any atom is 0.338 e. The van der Waals surface area contributed by atoms with E-state index in [1.807, 2.05) is 0 Å². The zero-order valence-corrected chi connectivity index (χ0v) is 37.8. The van der Waals surface area contributed by atoms with Crippen molar-refractivity contribution in [3.05, 3.63) is 35.5 Å². The van der Waals surface area contributed by atoms with Crippen molar-refractivity contribution in [3.63, 3.8) is 0 Å². The summed E-state index contributed by atoms with van der Waals surface area (Å²) in [6.45, 7) is 18.2. The molecule has 0 aromatic carbocycles. The Bertz CT molecular complexity index is 2200. The number of esters is 6. The number of carbonyl (C=O) groups excluding carboxylic acids is 6. The molecule has 4 aliphatic carbocycles. The van der Waals surface area contributed by atoms with Gasteiger partial charge in [0.25, 0.3) is 5.97 Å². The van der Waals surface area contributed by atoms with Crippen LogP contribution in [-0.2, 0) is 71.4 Å². The van der Waals surface area contributed by atoms with Gasteiger partial charge in [0.05, 0.1) is 42.5 Å². The van der Waals surface area contributed by atoms with E-state index < -0.39 is 158 Å². The Morgan fingerprint density at radius 3 is 1.94 bits per heavy atom. The van der Waals surface area contributed by atoms with Gasteiger partial charge in [-0.15, -0.1) is 0 Å². The summed E-state index contributed by atoms with van der Waals surface area (Å²) in [5.74, 6) is -13.2. The smallest absolute Gasteiger partial charge is 0.338 e. The first-order chi connectivity index (χ1) is 29.2. The van der Waals surface area contributed by atoms with Gasteiger partial charge in [0.15, 0.2) is 35.1 Å². The zero-order chi connectivity index (χ0) is 46.6. The van der Waals surface area contributed by atoms with Crippen LogP contribution in [0.2, 0.25) is 0 Å². The van der Waals surface area contributed by atoms with Crippen LogP contribution < -0.4 is 0 Å². The molecular formula is C45H58O18. The number of methoxy groups -OCH3 is 1. The maximum absolute atomic E-state index is 15.1. The molecule has 15 atom stereocenters. The van der Waals surface area contributed by atoms with Crippen LogP contribution >= 0.6 is 0 Å². The predicted octanol–water partition coefficient (Wildman–Crippen LogP) is 4.30. The average Bonchev–Trinajstić information content (AvgIpc) is 3.89. The molecule has 1 aromatic rings. The Hall–Kier alpha value is -4.52. The van der Waals surface area contributed by atoms with Gasteiger partial charge in [-0.3, -0.25) is 24.0 Å². The molecule has 1 aromatic heterocycles. The van der Waals surface area contributed by atoms with Crippen LogP contribution in [-0.4, -0.2) is 106 Å². The van der Waals surface area contributed by atoms with Crippen LogP contribution in [0.15, 0.2) is 34.3 Å². The normalized spacial score (nSPS) is 45.7. The molecule has 18 nitrogen and oxygen atoms in total. The quantitative estimate of drug-likeness (QED) is 0.144. The molecule has 0 radical (unpaired) electrons. The first-order valence-corrected chi connectivity index (χ1v) is 21.5. The van der Waals surface area contributed by atoms with E-state index in [4.69, 9.17) is 47.0 Å². The highest BCUT2D eigenvalue weighted by Crippen LogP contribution is 2.90. The number of fused-ring (bicyclic) bond motifs is 3. The molecular weight excluding hydrogens is 828 g/mol. The Morgan fingerprint density at radius 2 is 1.41 bits per heavy atom. The first kappa shape index (κ1) is 45.1. The fourth-order valence-corrected chi connectivity index (χ4v) is 13.8. The van der Waals surface area contributed by atoms with Crippen molar-refractivity contribution in [2.45, 2.75) is 155 Å². The highest BCUT2D eigenvalue weighted by molar-refractivity contribution is 5.92. The van der Waals surface area contributed by atoms with E-state index in [1.54, 1.807) is 62.3 Å². The lowest BCUT2D eigenvalue weighted by Crippen LogP contribution is -2.97. The number of furan rings is 1. The minimum absolute atomic E-state index is 0.187. The SMILES string of the molecule is COC(=O)C[C@H]1[C@@]2(C)C[C@@]34O[C@]5(C)O[C@]6([C@@H]7/C(=C(/O)C(C)C)C(=O)O[C@@H](c8ccoc8)[C@]7(C)[C@@H](OC(=O)C(C)C)[C@@H](OC(=O)C(C)C)[C@]6(O5)[C@]13C)[C@H](OC(C)=O)[C@@]4(O)[C@H]2OC(C)=O. The summed E-state index contributed by atoms with van der Waals surface area (Å²) >= 11 is 0. The molecule has 8 rings (SSSR count). The number of carbonyl (C=O) groups is 6. The van der Waals surface area contributed by atoms with Crippen molar-refractivity contribution in [2.75, 3.05) is 7.11 Å². The first-order valence-electron chi connectivity index (χ1n) is 21.5. The van der Waals surface area contributed by atoms with Gasteiger partial charge in [0.1, 0.15) is 23.6 Å². The number of aliphatic hydroxyl groups is 2. The monoisotopic (exact) mass is 886 g/mol. The van der Waals surface area contributed by atoms with Crippen LogP contribution in [0.25, 0.3) is 0 Å². The van der Waals surface area contributed by atoms with Gasteiger partial charge in [0.2, 0.25) is 0 Å². The van der Waals surface area contributed by atoms with Crippen molar-refractivity contribution < 1.29 is 86.0 Å². The second-order valence-electron chi connectivity index (χ2n) is 20.2. The van der Waals surface area contributed by atoms with Crippen molar-refractivity contribution in [3.8, 4) is 0 Å². The number of cyclic esters (lactones) is 1. The second-order valence-corrected chi connectivity index (χ2v) is 20.2. The van der Waals surface area contributed by atoms with Gasteiger partial charge >= 0.3 is 35.8 Å². The molecule has 0 unspecified atom stereocenters. The summed E-state index contributed by atoms with van der Waals surface area (Å²) in [5, 5.41) is 26.6. The number of ether oxygens (including phenoxy) is 9. The van der Waals surface area contributed by atoms with E-state index in [2.05, 4.69) is 0 Å². The highest BCUT2D eigenvalue weighted by atomic mass is 16.9. The molecule has 63 heavy (non-hydrogen) atoms. The standard InChI is InChI=1S/C45H58O18/c1-19(2)28(49)27-29-39(10,30(58-35(27)52)24-14-15-55-17-24)31(59-33(50)20(3)4)32(60-34(51)21(5)6)45-40(11)25(16-26(48)54-13)38(9)18-42(40)43(53,36(38)56-22(7)46)37(57-23(8)47)44(29,45)62-41(12,61-42)63-45/h14-15,17,19-21,25,29-32,36-37,49,53H,16,18H2,1-13H3/b28-27-/t25-,29+,30-,31-,32+,36-,37+,38+,39+,40+,41+,42+,43-,44+,45-/m0/s1. The Labute approximate surface area is 364 Å². The summed E-state index contributed by atoms with van der Waals surface area (Å²) in [6, 6.07) is 1.52. The van der Waals surface area contributed by atoms with Crippen LogP contribution in [0.1, 0.15) is 108 Å². The fourth-order valence-electron chi connectivity index (χ4n) is 13.8. The van der Waals surface area contributed by atoms with E-state index in [0.29, 0.717) is 0 Å². The van der Waals surface area contributed by atoms with Crippen LogP contribution in [0.5, 0.6) is 0 Å². The number of allylic oxidation sites excluding steroid dienone is 1. The lowest BCUT2D eigenvalue weighted by Gasteiger charge is -2.78. The number of hydrogen-bond donors (Lipinski definition) is 2. The van der Waals surface area contributed by atoms with Gasteiger partial charge in [-0.1, -0.05) is 62.3 Å². The van der Waals surface area contributed by atoms with Gasteiger partial charge in [-0.25, -0.2) is 4.79 Å². The van der Waals surface area contributed by atoms with E-state index in [-0.39, 0.29) is 12.0 Å². The predicted molar refractivity (Wildman–Crippen MR) is 210 cm³/mol. The van der Waals surface area contributed by atoms with Crippen molar-refractivity contribution in [1.29, 1.82) is 0 Å². The van der Waals surface area contributed by atoms with Gasteiger partial charge in [-0.05, 0) is 18.4 Å². The van der Waals surface area contributed by atoms with Crippen molar-refractivity contribution >= 4 is 35.8 Å². The van der Waals surface area contributed by atoms with Crippen LogP contribution in [0, 0.1) is 45.8 Å². The molecule has 4 saturated carbocycles. The minimum atomic E-state index is -2.63. The Morgan fingerprint density at radius 1 is 0.825 bits per heavy atom. The molecule has 3 saturated heterocycles. The van der Waals surface area contributed by atoms with Crippen molar-refractivity contribution in [1.82, 2.24) is 0 Å². The molecule has 3 aliphatic heterocycles. The van der Waals surface area contributed by atoms with Crippen molar-refractivity contribution in [2.24, 2.45) is 45.8 Å². The van der Waals surface area contributed by atoms with E-state index in [1.165, 1.54) is 32.6 Å². The number of rotatable bonds is 10. The third-order valence-corrected chi connectivity index (χ3v) is 15.7. The molecule has 346 valence electrons. The van der Waals surface area contributed by atoms with E-state index >= 15 is 4.79 Å². The van der Waals surface area contributed by atoms with E-state index in [0.717, 1.165) is 13.8 Å². The van der Waals surface area contributed by atoms with E-state index in [9.17, 15) is 34.2 Å². The largest absolute Gasteiger partial charge is 0.511 e.